The molecular formula is C13H17IO3. The molecule has 0 aromatic rings. The molecule has 0 spiro atoms. The average Bonchev–Trinajstić information content (AvgIpc) is 2.31. The monoisotopic (exact) mass is 348 g/mol. The minimum atomic E-state index is -0.590. The number of hydrogen-bond donors (Lipinski definition) is 0. The van der Waals surface area contributed by atoms with E-state index in [2.05, 4.69) is 29.5 Å². The smallest absolute Gasteiger partial charge is 0.316 e. The van der Waals surface area contributed by atoms with E-state index in [-0.39, 0.29) is 23.1 Å². The molecule has 0 aromatic heterocycles. The zero-order chi connectivity index (χ0) is 12.6. The number of fused-ring (bicyclic) bond motifs is 1. The molecule has 94 valence electrons. The number of rotatable bonds is 1. The van der Waals surface area contributed by atoms with Crippen LogP contribution in [0.2, 0.25) is 0 Å². The number of halogens is 1. The fraction of sp³-hybridized carbons (Fsp3) is 0.692. The summed E-state index contributed by atoms with van der Waals surface area (Å²) in [7, 11) is 1.36. The second-order valence-corrected chi connectivity index (χ2v) is 6.98. The van der Waals surface area contributed by atoms with Crippen molar-refractivity contribution < 1.29 is 14.3 Å². The Labute approximate surface area is 115 Å². The van der Waals surface area contributed by atoms with Crippen molar-refractivity contribution in [2.45, 2.75) is 30.1 Å². The summed E-state index contributed by atoms with van der Waals surface area (Å²) in [5.41, 5.74) is -0.0194. The van der Waals surface area contributed by atoms with Gasteiger partial charge in [-0.1, -0.05) is 35.6 Å². The summed E-state index contributed by atoms with van der Waals surface area (Å²) in [6.07, 6.45) is 6.70. The molecule has 2 aliphatic carbocycles. The SMILES string of the molecule is COC(=O)C1C(=O)C=C[C@@]2(C)CC[C@@H](I)C[C@@H]12. The number of allylic oxidation sites excluding steroid dienone is 2. The first kappa shape index (κ1) is 13.1. The maximum absolute atomic E-state index is 11.9. The predicted molar refractivity (Wildman–Crippen MR) is 72.9 cm³/mol. The Morgan fingerprint density at radius 1 is 1.59 bits per heavy atom. The molecule has 0 amide bonds. The minimum absolute atomic E-state index is 0.0194. The number of carbonyl (C=O) groups is 2. The number of ether oxygens (including phenoxy) is 1. The topological polar surface area (TPSA) is 43.4 Å². The highest BCUT2D eigenvalue weighted by Crippen LogP contribution is 2.50. The van der Waals surface area contributed by atoms with Crippen LogP contribution in [-0.4, -0.2) is 22.8 Å². The van der Waals surface area contributed by atoms with E-state index in [1.165, 1.54) is 7.11 Å². The van der Waals surface area contributed by atoms with E-state index in [1.807, 2.05) is 6.08 Å². The van der Waals surface area contributed by atoms with Crippen molar-refractivity contribution in [3.05, 3.63) is 12.2 Å². The number of esters is 1. The average molecular weight is 348 g/mol. The van der Waals surface area contributed by atoms with Crippen molar-refractivity contribution in [1.82, 2.24) is 0 Å². The number of carbonyl (C=O) groups excluding carboxylic acids is 2. The van der Waals surface area contributed by atoms with E-state index in [0.29, 0.717) is 3.92 Å². The van der Waals surface area contributed by atoms with E-state index in [4.69, 9.17) is 4.74 Å². The highest BCUT2D eigenvalue weighted by Gasteiger charge is 2.49. The van der Waals surface area contributed by atoms with Gasteiger partial charge in [0.05, 0.1) is 7.11 Å². The highest BCUT2D eigenvalue weighted by molar-refractivity contribution is 14.1. The summed E-state index contributed by atoms with van der Waals surface area (Å²) in [4.78, 5) is 23.7. The van der Waals surface area contributed by atoms with Gasteiger partial charge in [0.15, 0.2) is 5.78 Å². The predicted octanol–water partition coefficient (Wildman–Crippen LogP) is 2.52. The van der Waals surface area contributed by atoms with Crippen LogP contribution in [-0.2, 0) is 14.3 Å². The van der Waals surface area contributed by atoms with Crippen LogP contribution in [0.5, 0.6) is 0 Å². The molecule has 4 heteroatoms. The first-order valence-electron chi connectivity index (χ1n) is 5.93. The molecule has 4 atom stereocenters. The summed E-state index contributed by atoms with van der Waals surface area (Å²) >= 11 is 2.42. The molecule has 0 heterocycles. The lowest BCUT2D eigenvalue weighted by Gasteiger charge is -2.45. The summed E-state index contributed by atoms with van der Waals surface area (Å²) in [5.74, 6) is -0.957. The number of methoxy groups -OCH3 is 1. The molecule has 0 radical (unpaired) electrons. The zero-order valence-corrected chi connectivity index (χ0v) is 12.3. The lowest BCUT2D eigenvalue weighted by molar-refractivity contribution is -0.153. The quantitative estimate of drug-likeness (QED) is 0.317. The molecule has 0 aliphatic heterocycles. The molecule has 0 N–H and O–H groups in total. The van der Waals surface area contributed by atoms with Crippen LogP contribution in [0.25, 0.3) is 0 Å². The van der Waals surface area contributed by atoms with Crippen molar-refractivity contribution in [2.75, 3.05) is 7.11 Å². The first-order valence-corrected chi connectivity index (χ1v) is 7.17. The fourth-order valence-electron chi connectivity index (χ4n) is 3.02. The van der Waals surface area contributed by atoms with E-state index in [1.54, 1.807) is 6.08 Å². The summed E-state index contributed by atoms with van der Waals surface area (Å²) < 4.78 is 5.35. The lowest BCUT2D eigenvalue weighted by Crippen LogP contribution is -2.46. The van der Waals surface area contributed by atoms with Gasteiger partial charge in [0.1, 0.15) is 5.92 Å². The van der Waals surface area contributed by atoms with E-state index in [9.17, 15) is 9.59 Å². The molecule has 1 fully saturated rings. The van der Waals surface area contributed by atoms with Gasteiger partial charge in [-0.15, -0.1) is 0 Å². The number of hydrogen-bond acceptors (Lipinski definition) is 3. The minimum Gasteiger partial charge on any atom is -0.468 e. The van der Waals surface area contributed by atoms with Gasteiger partial charge in [-0.2, -0.15) is 0 Å². The third-order valence-corrected chi connectivity index (χ3v) is 5.28. The molecule has 0 saturated heterocycles. The van der Waals surface area contributed by atoms with E-state index < -0.39 is 5.92 Å². The van der Waals surface area contributed by atoms with Crippen LogP contribution in [0.1, 0.15) is 26.2 Å². The third kappa shape index (κ3) is 2.28. The molecule has 2 rings (SSSR count). The molecule has 2 aliphatic rings. The molecule has 17 heavy (non-hydrogen) atoms. The van der Waals surface area contributed by atoms with Gasteiger partial charge < -0.3 is 4.74 Å². The maximum atomic E-state index is 11.9. The Kier molecular flexibility index (Phi) is 3.61. The Balaban J connectivity index is 2.35. The highest BCUT2D eigenvalue weighted by atomic mass is 127. The molecule has 3 nitrogen and oxygen atoms in total. The number of alkyl halides is 1. The van der Waals surface area contributed by atoms with Crippen LogP contribution in [0, 0.1) is 17.3 Å². The van der Waals surface area contributed by atoms with Crippen LogP contribution >= 0.6 is 22.6 Å². The Hall–Kier alpha value is -0.390. The van der Waals surface area contributed by atoms with Gasteiger partial charge >= 0.3 is 5.97 Å². The third-order valence-electron chi connectivity index (χ3n) is 4.15. The van der Waals surface area contributed by atoms with Crippen molar-refractivity contribution in [2.24, 2.45) is 17.3 Å². The first-order chi connectivity index (χ1) is 7.98. The Morgan fingerprint density at radius 2 is 2.29 bits per heavy atom. The van der Waals surface area contributed by atoms with E-state index >= 15 is 0 Å². The Bertz CT molecular complexity index is 377. The standard InChI is InChI=1S/C13H17IO3/c1-13-5-3-8(14)7-9(13)11(12(16)17-2)10(15)4-6-13/h4,6,8-9,11H,3,5,7H2,1-2H3/t8-,9+,11?,13-/m1/s1. The molecule has 1 unspecified atom stereocenters. The van der Waals surface area contributed by atoms with Crippen LogP contribution in [0.15, 0.2) is 12.2 Å². The second-order valence-electron chi connectivity index (χ2n) is 5.22. The van der Waals surface area contributed by atoms with E-state index in [0.717, 1.165) is 19.3 Å². The molecule has 0 aromatic carbocycles. The molecule has 0 bridgehead atoms. The maximum Gasteiger partial charge on any atom is 0.316 e. The zero-order valence-electron chi connectivity index (χ0n) is 10.1. The van der Waals surface area contributed by atoms with Crippen molar-refractivity contribution in [1.29, 1.82) is 0 Å². The van der Waals surface area contributed by atoms with Crippen LogP contribution < -0.4 is 0 Å². The molecule has 1 saturated carbocycles. The summed E-state index contributed by atoms with van der Waals surface area (Å²) in [5, 5.41) is 0. The van der Waals surface area contributed by atoms with Gasteiger partial charge in [0, 0.05) is 3.92 Å². The Morgan fingerprint density at radius 3 is 2.94 bits per heavy atom. The largest absolute Gasteiger partial charge is 0.468 e. The van der Waals surface area contributed by atoms with Crippen LogP contribution in [0.3, 0.4) is 0 Å². The summed E-state index contributed by atoms with van der Waals surface area (Å²) in [6.45, 7) is 2.15. The van der Waals surface area contributed by atoms with Gasteiger partial charge in [0.2, 0.25) is 0 Å². The van der Waals surface area contributed by atoms with Gasteiger partial charge in [-0.05, 0) is 36.7 Å². The van der Waals surface area contributed by atoms with Crippen LogP contribution in [0.4, 0.5) is 0 Å². The van der Waals surface area contributed by atoms with Crippen molar-refractivity contribution >= 4 is 34.3 Å². The van der Waals surface area contributed by atoms with Crippen molar-refractivity contribution in [3.63, 3.8) is 0 Å². The fourth-order valence-corrected chi connectivity index (χ4v) is 3.88. The molecular weight excluding hydrogens is 331 g/mol. The lowest BCUT2D eigenvalue weighted by atomic mass is 9.59. The summed E-state index contributed by atoms with van der Waals surface area (Å²) in [6, 6.07) is 0. The van der Waals surface area contributed by atoms with Gasteiger partial charge in [-0.3, -0.25) is 9.59 Å². The number of ketones is 1. The second kappa shape index (κ2) is 4.71. The normalized spacial score (nSPS) is 40.9. The van der Waals surface area contributed by atoms with Gasteiger partial charge in [-0.25, -0.2) is 0 Å². The van der Waals surface area contributed by atoms with Crippen molar-refractivity contribution in [3.8, 4) is 0 Å². The van der Waals surface area contributed by atoms with Gasteiger partial charge in [0.25, 0.3) is 0 Å².